The van der Waals surface area contributed by atoms with Crippen LogP contribution < -0.4 is 4.74 Å². The summed E-state index contributed by atoms with van der Waals surface area (Å²) in [7, 11) is 1.25. The molecule has 0 bridgehead atoms. The van der Waals surface area contributed by atoms with Gasteiger partial charge in [-0.25, -0.2) is 9.18 Å². The lowest BCUT2D eigenvalue weighted by Gasteiger charge is -2.09. The molecule has 0 atom stereocenters. The van der Waals surface area contributed by atoms with Crippen molar-refractivity contribution in [3.05, 3.63) is 29.6 Å². The number of carbonyl (C=O) groups is 1. The normalized spacial score (nSPS) is 9.80. The lowest BCUT2D eigenvalue weighted by Crippen LogP contribution is -2.06. The SMILES string of the molecule is CCCOc1ccc(F)cc1C(=O)OC. The predicted octanol–water partition coefficient (Wildman–Crippen LogP) is 2.40. The van der Waals surface area contributed by atoms with E-state index in [-0.39, 0.29) is 5.56 Å². The highest BCUT2D eigenvalue weighted by Gasteiger charge is 2.13. The molecule has 1 aromatic carbocycles. The van der Waals surface area contributed by atoms with Gasteiger partial charge in [0.2, 0.25) is 0 Å². The van der Waals surface area contributed by atoms with E-state index in [2.05, 4.69) is 4.74 Å². The smallest absolute Gasteiger partial charge is 0.341 e. The lowest BCUT2D eigenvalue weighted by atomic mass is 10.2. The number of esters is 1. The Balaban J connectivity index is 2.97. The van der Waals surface area contributed by atoms with Gasteiger partial charge in [0.15, 0.2) is 0 Å². The zero-order valence-electron chi connectivity index (χ0n) is 8.75. The van der Waals surface area contributed by atoms with Crippen molar-refractivity contribution in [3.8, 4) is 5.75 Å². The summed E-state index contributed by atoms with van der Waals surface area (Å²) in [6, 6.07) is 3.78. The molecule has 0 saturated heterocycles. The second-order valence-electron chi connectivity index (χ2n) is 2.98. The first-order valence-corrected chi connectivity index (χ1v) is 4.69. The number of halogens is 1. The highest BCUT2D eigenvalue weighted by atomic mass is 19.1. The van der Waals surface area contributed by atoms with Gasteiger partial charge in [0, 0.05) is 0 Å². The number of benzene rings is 1. The maximum atomic E-state index is 12.9. The first kappa shape index (κ1) is 11.5. The Hall–Kier alpha value is -1.58. The Morgan fingerprint density at radius 2 is 2.20 bits per heavy atom. The molecular weight excluding hydrogens is 199 g/mol. The van der Waals surface area contributed by atoms with Crippen LogP contribution in [0.25, 0.3) is 0 Å². The molecule has 0 heterocycles. The van der Waals surface area contributed by atoms with Crippen LogP contribution in [0.4, 0.5) is 4.39 Å². The molecule has 82 valence electrons. The maximum Gasteiger partial charge on any atom is 0.341 e. The second-order valence-corrected chi connectivity index (χ2v) is 2.98. The summed E-state index contributed by atoms with van der Waals surface area (Å²) >= 11 is 0. The maximum absolute atomic E-state index is 12.9. The van der Waals surface area contributed by atoms with Crippen LogP contribution in [0.15, 0.2) is 18.2 Å². The first-order chi connectivity index (χ1) is 7.19. The van der Waals surface area contributed by atoms with Crippen molar-refractivity contribution in [3.63, 3.8) is 0 Å². The van der Waals surface area contributed by atoms with Crippen molar-refractivity contribution >= 4 is 5.97 Å². The molecule has 0 radical (unpaired) electrons. The number of hydrogen-bond donors (Lipinski definition) is 0. The third-order valence-corrected chi connectivity index (χ3v) is 1.81. The Kier molecular flexibility index (Phi) is 4.09. The van der Waals surface area contributed by atoms with Crippen LogP contribution in [0.1, 0.15) is 23.7 Å². The van der Waals surface area contributed by atoms with Crippen LogP contribution in [0.5, 0.6) is 5.75 Å². The molecule has 0 saturated carbocycles. The molecule has 15 heavy (non-hydrogen) atoms. The summed E-state index contributed by atoms with van der Waals surface area (Å²) in [5, 5.41) is 0. The summed E-state index contributed by atoms with van der Waals surface area (Å²) in [6.45, 7) is 2.43. The Labute approximate surface area is 87.8 Å². The minimum atomic E-state index is -0.597. The van der Waals surface area contributed by atoms with Crippen LogP contribution in [0.2, 0.25) is 0 Å². The Morgan fingerprint density at radius 1 is 1.47 bits per heavy atom. The van der Waals surface area contributed by atoms with E-state index in [0.29, 0.717) is 12.4 Å². The molecule has 0 amide bonds. The van der Waals surface area contributed by atoms with Gasteiger partial charge in [0.05, 0.1) is 13.7 Å². The van der Waals surface area contributed by atoms with Crippen molar-refractivity contribution < 1.29 is 18.7 Å². The van der Waals surface area contributed by atoms with Crippen LogP contribution >= 0.6 is 0 Å². The number of carbonyl (C=O) groups excluding carboxylic acids is 1. The van der Waals surface area contributed by atoms with E-state index in [1.807, 2.05) is 6.92 Å². The fraction of sp³-hybridized carbons (Fsp3) is 0.364. The molecule has 0 aliphatic heterocycles. The zero-order chi connectivity index (χ0) is 11.3. The molecule has 1 rings (SSSR count). The largest absolute Gasteiger partial charge is 0.493 e. The third kappa shape index (κ3) is 2.94. The molecule has 0 N–H and O–H groups in total. The molecule has 4 heteroatoms. The van der Waals surface area contributed by atoms with Gasteiger partial charge in [-0.2, -0.15) is 0 Å². The van der Waals surface area contributed by atoms with Gasteiger partial charge in [0.1, 0.15) is 17.1 Å². The zero-order valence-corrected chi connectivity index (χ0v) is 8.75. The van der Waals surface area contributed by atoms with Gasteiger partial charge in [-0.3, -0.25) is 0 Å². The molecule has 0 aliphatic carbocycles. The van der Waals surface area contributed by atoms with Crippen molar-refractivity contribution in [1.82, 2.24) is 0 Å². The monoisotopic (exact) mass is 212 g/mol. The van der Waals surface area contributed by atoms with Crippen molar-refractivity contribution in [2.24, 2.45) is 0 Å². The molecule has 1 aromatic rings. The second kappa shape index (κ2) is 5.34. The number of rotatable bonds is 4. The first-order valence-electron chi connectivity index (χ1n) is 4.69. The van der Waals surface area contributed by atoms with Crippen LogP contribution in [-0.4, -0.2) is 19.7 Å². The lowest BCUT2D eigenvalue weighted by molar-refractivity contribution is 0.0595. The average Bonchev–Trinajstić information content (AvgIpc) is 2.26. The number of methoxy groups -OCH3 is 1. The van der Waals surface area contributed by atoms with E-state index in [1.165, 1.54) is 19.2 Å². The van der Waals surface area contributed by atoms with Crippen LogP contribution in [-0.2, 0) is 4.74 Å². The van der Waals surface area contributed by atoms with E-state index in [4.69, 9.17) is 4.74 Å². The van der Waals surface area contributed by atoms with E-state index < -0.39 is 11.8 Å². The quantitative estimate of drug-likeness (QED) is 0.719. The number of ether oxygens (including phenoxy) is 2. The summed E-state index contributed by atoms with van der Waals surface area (Å²) in [5.41, 5.74) is 0.117. The van der Waals surface area contributed by atoms with E-state index in [0.717, 1.165) is 12.5 Å². The van der Waals surface area contributed by atoms with Crippen molar-refractivity contribution in [1.29, 1.82) is 0 Å². The standard InChI is InChI=1S/C11H13FO3/c1-3-6-15-10-5-4-8(12)7-9(10)11(13)14-2/h4-5,7H,3,6H2,1-2H3. The number of hydrogen-bond acceptors (Lipinski definition) is 3. The molecule has 0 spiro atoms. The highest BCUT2D eigenvalue weighted by molar-refractivity contribution is 5.92. The van der Waals surface area contributed by atoms with Crippen molar-refractivity contribution in [2.45, 2.75) is 13.3 Å². The fourth-order valence-electron chi connectivity index (χ4n) is 1.11. The third-order valence-electron chi connectivity index (χ3n) is 1.81. The summed E-state index contributed by atoms with van der Waals surface area (Å²) in [4.78, 5) is 11.3. The van der Waals surface area contributed by atoms with Crippen LogP contribution in [0, 0.1) is 5.82 Å². The van der Waals surface area contributed by atoms with Gasteiger partial charge < -0.3 is 9.47 Å². The van der Waals surface area contributed by atoms with Gasteiger partial charge in [-0.05, 0) is 24.6 Å². The molecule has 0 aliphatic rings. The minimum absolute atomic E-state index is 0.117. The molecular formula is C11H13FO3. The van der Waals surface area contributed by atoms with E-state index in [9.17, 15) is 9.18 Å². The summed E-state index contributed by atoms with van der Waals surface area (Å²) < 4.78 is 22.7. The predicted molar refractivity (Wildman–Crippen MR) is 53.5 cm³/mol. The van der Waals surface area contributed by atoms with Gasteiger partial charge in [0.25, 0.3) is 0 Å². The Morgan fingerprint density at radius 3 is 2.80 bits per heavy atom. The van der Waals surface area contributed by atoms with Gasteiger partial charge in [-0.1, -0.05) is 6.92 Å². The topological polar surface area (TPSA) is 35.5 Å². The van der Waals surface area contributed by atoms with Crippen molar-refractivity contribution in [2.75, 3.05) is 13.7 Å². The Bertz CT molecular complexity index is 350. The average molecular weight is 212 g/mol. The minimum Gasteiger partial charge on any atom is -0.493 e. The molecule has 0 unspecified atom stereocenters. The molecule has 3 nitrogen and oxygen atoms in total. The summed E-state index contributed by atoms with van der Waals surface area (Å²) in [5.74, 6) is -0.732. The van der Waals surface area contributed by atoms with Crippen LogP contribution in [0.3, 0.4) is 0 Å². The van der Waals surface area contributed by atoms with E-state index in [1.54, 1.807) is 0 Å². The highest BCUT2D eigenvalue weighted by Crippen LogP contribution is 2.20. The van der Waals surface area contributed by atoms with Gasteiger partial charge in [-0.15, -0.1) is 0 Å². The van der Waals surface area contributed by atoms with Gasteiger partial charge >= 0.3 is 5.97 Å². The molecule has 0 fully saturated rings. The van der Waals surface area contributed by atoms with E-state index >= 15 is 0 Å². The molecule has 0 aromatic heterocycles. The fourth-order valence-corrected chi connectivity index (χ4v) is 1.11. The summed E-state index contributed by atoms with van der Waals surface area (Å²) in [6.07, 6.45) is 0.817.